The Balaban J connectivity index is 1.26. The zero-order valence-electron chi connectivity index (χ0n) is 15.4. The second-order valence-corrected chi connectivity index (χ2v) is 8.14. The first-order valence-electron chi connectivity index (χ1n) is 9.92. The highest BCUT2D eigenvalue weighted by Crippen LogP contribution is 2.48. The van der Waals surface area contributed by atoms with Crippen LogP contribution in [0, 0.1) is 5.92 Å². The van der Waals surface area contributed by atoms with Crippen LogP contribution in [0.1, 0.15) is 50.8 Å². The second-order valence-electron chi connectivity index (χ2n) is 8.14. The van der Waals surface area contributed by atoms with Gasteiger partial charge >= 0.3 is 6.03 Å². The molecule has 2 heterocycles. The Morgan fingerprint density at radius 2 is 1.92 bits per heavy atom. The number of imidazole rings is 1. The molecule has 3 fully saturated rings. The van der Waals surface area contributed by atoms with Gasteiger partial charge in [-0.1, -0.05) is 19.3 Å². The molecule has 25 heavy (non-hydrogen) atoms. The molecule has 0 bridgehead atoms. The van der Waals surface area contributed by atoms with Crippen molar-refractivity contribution in [2.24, 2.45) is 13.0 Å². The highest BCUT2D eigenvalue weighted by molar-refractivity contribution is 5.75. The van der Waals surface area contributed by atoms with Crippen molar-refractivity contribution in [2.45, 2.75) is 57.0 Å². The first-order chi connectivity index (χ1) is 12.2. The molecule has 138 valence electrons. The standard InChI is InChI=1S/C19H31N5O/c1-22-10-9-20-17(22)15-23-11-13-24(14-12-23)18(25)21-19(7-8-19)16-5-3-2-4-6-16/h9-10,16H,2-8,11-15H2,1H3,(H,21,25). The third kappa shape index (κ3) is 3.68. The minimum atomic E-state index is 0.140. The van der Waals surface area contributed by atoms with Gasteiger partial charge in [0.15, 0.2) is 0 Å². The van der Waals surface area contributed by atoms with Crippen LogP contribution in [0.25, 0.3) is 0 Å². The number of hydrogen-bond donors (Lipinski definition) is 1. The van der Waals surface area contributed by atoms with E-state index >= 15 is 0 Å². The number of carbonyl (C=O) groups is 1. The molecule has 6 nitrogen and oxygen atoms in total. The van der Waals surface area contributed by atoms with Crippen molar-refractivity contribution in [3.63, 3.8) is 0 Å². The topological polar surface area (TPSA) is 53.4 Å². The number of aromatic nitrogens is 2. The molecule has 2 amide bonds. The quantitative estimate of drug-likeness (QED) is 0.911. The van der Waals surface area contributed by atoms with Crippen LogP contribution in [0.5, 0.6) is 0 Å². The molecule has 2 saturated carbocycles. The first kappa shape index (κ1) is 16.9. The summed E-state index contributed by atoms with van der Waals surface area (Å²) in [7, 11) is 2.03. The van der Waals surface area contributed by atoms with Crippen molar-refractivity contribution in [3.05, 3.63) is 18.2 Å². The van der Waals surface area contributed by atoms with E-state index in [1.54, 1.807) is 0 Å². The largest absolute Gasteiger partial charge is 0.337 e. The summed E-state index contributed by atoms with van der Waals surface area (Å²) in [5.41, 5.74) is 0.140. The number of carbonyl (C=O) groups excluding carboxylic acids is 1. The van der Waals surface area contributed by atoms with E-state index in [1.807, 2.05) is 24.3 Å². The molecule has 1 aromatic rings. The normalized spacial score (nSPS) is 24.3. The molecule has 0 spiro atoms. The van der Waals surface area contributed by atoms with Gasteiger partial charge < -0.3 is 14.8 Å². The number of rotatable bonds is 4. The summed E-state index contributed by atoms with van der Waals surface area (Å²) < 4.78 is 2.07. The fourth-order valence-electron chi connectivity index (χ4n) is 4.58. The lowest BCUT2D eigenvalue weighted by molar-refractivity contribution is 0.125. The minimum absolute atomic E-state index is 0.140. The van der Waals surface area contributed by atoms with Crippen LogP contribution in [0.15, 0.2) is 12.4 Å². The Bertz CT molecular complexity index is 595. The van der Waals surface area contributed by atoms with Crippen LogP contribution in [0.4, 0.5) is 4.79 Å². The van der Waals surface area contributed by atoms with E-state index in [0.717, 1.165) is 44.5 Å². The van der Waals surface area contributed by atoms with Crippen molar-refractivity contribution < 1.29 is 4.79 Å². The third-order valence-corrected chi connectivity index (χ3v) is 6.48. The average molecular weight is 345 g/mol. The van der Waals surface area contributed by atoms with E-state index in [2.05, 4.69) is 19.8 Å². The van der Waals surface area contributed by atoms with Crippen molar-refractivity contribution in [1.82, 2.24) is 24.7 Å². The van der Waals surface area contributed by atoms with E-state index in [1.165, 1.54) is 44.9 Å². The molecule has 6 heteroatoms. The molecule has 3 aliphatic rings. The molecule has 4 rings (SSSR count). The second kappa shape index (κ2) is 6.98. The number of hydrogen-bond acceptors (Lipinski definition) is 3. The molecule has 1 saturated heterocycles. The van der Waals surface area contributed by atoms with E-state index in [-0.39, 0.29) is 11.6 Å². The molecule has 0 unspecified atom stereocenters. The van der Waals surface area contributed by atoms with Gasteiger partial charge in [0.2, 0.25) is 0 Å². The molecule has 2 aliphatic carbocycles. The molecular formula is C19H31N5O. The average Bonchev–Trinajstić information content (AvgIpc) is 3.32. The van der Waals surface area contributed by atoms with Gasteiger partial charge in [0.1, 0.15) is 5.82 Å². The number of amides is 2. The Morgan fingerprint density at radius 1 is 1.20 bits per heavy atom. The van der Waals surface area contributed by atoms with Gasteiger partial charge in [-0.3, -0.25) is 4.90 Å². The number of nitrogens with zero attached hydrogens (tertiary/aromatic N) is 4. The van der Waals surface area contributed by atoms with Crippen LogP contribution in [-0.2, 0) is 13.6 Å². The molecular weight excluding hydrogens is 314 g/mol. The lowest BCUT2D eigenvalue weighted by Crippen LogP contribution is -2.55. The van der Waals surface area contributed by atoms with Gasteiger partial charge in [-0.05, 0) is 31.6 Å². The van der Waals surface area contributed by atoms with Crippen LogP contribution in [-0.4, -0.2) is 57.1 Å². The van der Waals surface area contributed by atoms with E-state index in [0.29, 0.717) is 0 Å². The Labute approximate surface area is 150 Å². The summed E-state index contributed by atoms with van der Waals surface area (Å²) in [6.07, 6.45) is 12.9. The maximum absolute atomic E-state index is 12.8. The highest BCUT2D eigenvalue weighted by atomic mass is 16.2. The zero-order chi connectivity index (χ0) is 17.3. The van der Waals surface area contributed by atoms with Crippen molar-refractivity contribution in [3.8, 4) is 0 Å². The number of piperazine rings is 1. The molecule has 0 radical (unpaired) electrons. The predicted molar refractivity (Wildman–Crippen MR) is 97.1 cm³/mol. The molecule has 1 N–H and O–H groups in total. The van der Waals surface area contributed by atoms with Gasteiger partial charge in [-0.15, -0.1) is 0 Å². The zero-order valence-corrected chi connectivity index (χ0v) is 15.4. The number of urea groups is 1. The van der Waals surface area contributed by atoms with Crippen molar-refractivity contribution in [2.75, 3.05) is 26.2 Å². The molecule has 0 aromatic carbocycles. The summed E-state index contributed by atoms with van der Waals surface area (Å²) >= 11 is 0. The van der Waals surface area contributed by atoms with Crippen LogP contribution < -0.4 is 5.32 Å². The lowest BCUT2D eigenvalue weighted by Gasteiger charge is -2.37. The summed E-state index contributed by atoms with van der Waals surface area (Å²) in [5.74, 6) is 1.81. The van der Waals surface area contributed by atoms with Crippen LogP contribution in [0.2, 0.25) is 0 Å². The van der Waals surface area contributed by atoms with Gasteiger partial charge in [-0.25, -0.2) is 9.78 Å². The van der Waals surface area contributed by atoms with Crippen molar-refractivity contribution >= 4 is 6.03 Å². The van der Waals surface area contributed by atoms with Gasteiger partial charge in [0.05, 0.1) is 6.54 Å². The predicted octanol–water partition coefficient (Wildman–Crippen LogP) is 2.36. The smallest absolute Gasteiger partial charge is 0.317 e. The molecule has 0 atom stereocenters. The van der Waals surface area contributed by atoms with Crippen LogP contribution in [0.3, 0.4) is 0 Å². The minimum Gasteiger partial charge on any atom is -0.337 e. The van der Waals surface area contributed by atoms with E-state index in [4.69, 9.17) is 0 Å². The van der Waals surface area contributed by atoms with Gasteiger partial charge in [0.25, 0.3) is 0 Å². The molecule has 1 aromatic heterocycles. The Hall–Kier alpha value is -1.56. The maximum atomic E-state index is 12.8. The number of nitrogens with one attached hydrogen (secondary N) is 1. The van der Waals surface area contributed by atoms with Gasteiger partial charge in [-0.2, -0.15) is 0 Å². The summed E-state index contributed by atoms with van der Waals surface area (Å²) in [4.78, 5) is 21.6. The maximum Gasteiger partial charge on any atom is 0.317 e. The Morgan fingerprint density at radius 3 is 2.52 bits per heavy atom. The number of aryl methyl sites for hydroxylation is 1. The SMILES string of the molecule is Cn1ccnc1CN1CCN(C(=O)NC2(C3CCCCC3)CC2)CC1. The van der Waals surface area contributed by atoms with E-state index in [9.17, 15) is 4.79 Å². The summed E-state index contributed by atoms with van der Waals surface area (Å²) in [5, 5.41) is 3.43. The Kier molecular flexibility index (Phi) is 4.71. The van der Waals surface area contributed by atoms with Crippen molar-refractivity contribution in [1.29, 1.82) is 0 Å². The highest BCUT2D eigenvalue weighted by Gasteiger charge is 2.50. The van der Waals surface area contributed by atoms with Gasteiger partial charge in [0, 0.05) is 51.2 Å². The first-order valence-corrected chi connectivity index (χ1v) is 9.92. The third-order valence-electron chi connectivity index (χ3n) is 6.48. The van der Waals surface area contributed by atoms with Crippen LogP contribution >= 0.6 is 0 Å². The van der Waals surface area contributed by atoms with E-state index < -0.39 is 0 Å². The molecule has 1 aliphatic heterocycles. The lowest BCUT2D eigenvalue weighted by atomic mass is 9.82. The summed E-state index contributed by atoms with van der Waals surface area (Å²) in [6.45, 7) is 4.35. The summed E-state index contributed by atoms with van der Waals surface area (Å²) in [6, 6.07) is 0.166. The fraction of sp³-hybridized carbons (Fsp3) is 0.789. The monoisotopic (exact) mass is 345 g/mol. The fourth-order valence-corrected chi connectivity index (χ4v) is 4.58.